The van der Waals surface area contributed by atoms with Gasteiger partial charge in [0.25, 0.3) is 0 Å². The first-order chi connectivity index (χ1) is 4.04. The summed E-state index contributed by atoms with van der Waals surface area (Å²) in [6, 6.07) is -0.998. The number of hydrogen-bond acceptors (Lipinski definition) is 5. The van der Waals surface area contributed by atoms with E-state index in [0.29, 0.717) is 0 Å². The van der Waals surface area contributed by atoms with Crippen LogP contribution in [0.1, 0.15) is 0 Å². The van der Waals surface area contributed by atoms with Crippen molar-refractivity contribution in [3.8, 4) is 0 Å². The molecule has 0 aromatic heterocycles. The van der Waals surface area contributed by atoms with Crippen LogP contribution in [0.25, 0.3) is 0 Å². The third kappa shape index (κ3) is 2.25. The smallest absolute Gasteiger partial charge is 0.203 e. The molecule has 1 unspecified atom stereocenters. The lowest BCUT2D eigenvalue weighted by molar-refractivity contribution is -0.198. The van der Waals surface area contributed by atoms with Crippen LogP contribution >= 0.6 is 0 Å². The topological polar surface area (TPSA) is 113 Å². The first-order valence-corrected chi connectivity index (χ1v) is 2.56. The first kappa shape index (κ1) is 8.80. The van der Waals surface area contributed by atoms with E-state index in [0.717, 1.165) is 0 Å². The van der Waals surface area contributed by atoms with E-state index in [-0.39, 0.29) is 6.54 Å². The van der Waals surface area contributed by atoms with Gasteiger partial charge in [-0.25, -0.2) is 0 Å². The summed E-state index contributed by atoms with van der Waals surface area (Å²) in [6.45, 7) is -0.876. The molecule has 0 saturated heterocycles. The van der Waals surface area contributed by atoms with E-state index >= 15 is 0 Å². The monoisotopic (exact) mass is 136 g/mol. The highest BCUT2D eigenvalue weighted by Gasteiger charge is 2.29. The Morgan fingerprint density at radius 2 is 1.89 bits per heavy atom. The summed E-state index contributed by atoms with van der Waals surface area (Å²) < 4.78 is 0. The molecule has 0 heterocycles. The van der Waals surface area contributed by atoms with Crippen molar-refractivity contribution in [3.05, 3.63) is 0 Å². The minimum absolute atomic E-state index is 0.0758. The van der Waals surface area contributed by atoms with Gasteiger partial charge < -0.3 is 26.8 Å². The van der Waals surface area contributed by atoms with Crippen molar-refractivity contribution in [3.63, 3.8) is 0 Å². The molecule has 0 radical (unpaired) electrons. The molecule has 1 atom stereocenters. The summed E-state index contributed by atoms with van der Waals surface area (Å²) in [7, 11) is 0. The fourth-order valence-corrected chi connectivity index (χ4v) is 0.306. The van der Waals surface area contributed by atoms with Crippen molar-refractivity contribution < 1.29 is 15.3 Å². The maximum Gasteiger partial charge on any atom is 0.203 e. The quantitative estimate of drug-likeness (QED) is 0.264. The summed E-state index contributed by atoms with van der Waals surface area (Å²) >= 11 is 0. The molecular formula is C4H12N2O3. The third-order valence-corrected chi connectivity index (χ3v) is 1.08. The molecule has 56 valence electrons. The van der Waals surface area contributed by atoms with Crippen LogP contribution in [0.5, 0.6) is 0 Å². The average molecular weight is 136 g/mol. The van der Waals surface area contributed by atoms with Crippen LogP contribution in [0.15, 0.2) is 0 Å². The molecule has 0 fully saturated rings. The lowest BCUT2D eigenvalue weighted by Gasteiger charge is -2.24. The van der Waals surface area contributed by atoms with E-state index in [9.17, 15) is 0 Å². The van der Waals surface area contributed by atoms with Crippen molar-refractivity contribution in [2.75, 3.05) is 13.2 Å². The van der Waals surface area contributed by atoms with E-state index in [4.69, 9.17) is 26.8 Å². The molecule has 0 bridgehead atoms. The number of aliphatic hydroxyl groups is 3. The Morgan fingerprint density at radius 1 is 1.44 bits per heavy atom. The Bertz CT molecular complexity index is 85.9. The number of aliphatic hydroxyl groups excluding tert-OH is 1. The van der Waals surface area contributed by atoms with Gasteiger partial charge in [-0.15, -0.1) is 0 Å². The molecule has 0 amide bonds. The van der Waals surface area contributed by atoms with Gasteiger partial charge in [0.1, 0.15) is 0 Å². The zero-order chi connectivity index (χ0) is 7.49. The van der Waals surface area contributed by atoms with Gasteiger partial charge in [-0.1, -0.05) is 0 Å². The van der Waals surface area contributed by atoms with E-state index in [2.05, 4.69) is 0 Å². The minimum Gasteiger partial charge on any atom is -0.391 e. The normalized spacial score (nSPS) is 15.7. The fraction of sp³-hybridized carbons (Fsp3) is 1.00. The fourth-order valence-electron chi connectivity index (χ4n) is 0.306. The lowest BCUT2D eigenvalue weighted by Crippen LogP contribution is -2.54. The van der Waals surface area contributed by atoms with Crippen LogP contribution in [-0.2, 0) is 0 Å². The summed E-state index contributed by atoms with van der Waals surface area (Å²) in [5.74, 6) is -2.24. The molecule has 5 heteroatoms. The number of hydrogen-bond donors (Lipinski definition) is 5. The second-order valence-electron chi connectivity index (χ2n) is 1.88. The highest BCUT2D eigenvalue weighted by Crippen LogP contribution is 2.00. The minimum atomic E-state index is -2.24. The van der Waals surface area contributed by atoms with Gasteiger partial charge >= 0.3 is 0 Å². The van der Waals surface area contributed by atoms with Crippen molar-refractivity contribution in [2.24, 2.45) is 11.5 Å². The molecule has 7 N–H and O–H groups in total. The van der Waals surface area contributed by atoms with Gasteiger partial charge in [0.2, 0.25) is 5.79 Å². The molecule has 0 saturated carbocycles. The first-order valence-electron chi connectivity index (χ1n) is 2.56. The summed E-state index contributed by atoms with van der Waals surface area (Å²) in [4.78, 5) is 0. The molecule has 0 aliphatic rings. The van der Waals surface area contributed by atoms with Crippen molar-refractivity contribution in [1.82, 2.24) is 0 Å². The summed E-state index contributed by atoms with van der Waals surface area (Å²) in [5.41, 5.74) is 10.1. The van der Waals surface area contributed by atoms with Gasteiger partial charge in [0, 0.05) is 6.54 Å². The van der Waals surface area contributed by atoms with Crippen molar-refractivity contribution >= 4 is 0 Å². The predicted molar refractivity (Wildman–Crippen MR) is 31.3 cm³/mol. The third-order valence-electron chi connectivity index (χ3n) is 1.08. The molecule has 0 aliphatic carbocycles. The maximum atomic E-state index is 8.69. The summed E-state index contributed by atoms with van der Waals surface area (Å²) in [5, 5.41) is 25.6. The van der Waals surface area contributed by atoms with Crippen LogP contribution in [0.3, 0.4) is 0 Å². The van der Waals surface area contributed by atoms with E-state index in [1.54, 1.807) is 0 Å². The lowest BCUT2D eigenvalue weighted by atomic mass is 10.1. The average Bonchev–Trinajstić information content (AvgIpc) is 1.86. The molecule has 0 rings (SSSR count). The molecule has 0 spiro atoms. The van der Waals surface area contributed by atoms with Gasteiger partial charge in [-0.05, 0) is 0 Å². The number of nitrogens with two attached hydrogens (primary N) is 2. The van der Waals surface area contributed by atoms with Crippen LogP contribution in [0.4, 0.5) is 0 Å². The largest absolute Gasteiger partial charge is 0.391 e. The van der Waals surface area contributed by atoms with Crippen molar-refractivity contribution in [1.29, 1.82) is 0 Å². The summed E-state index contributed by atoms with van der Waals surface area (Å²) in [6.07, 6.45) is 0. The molecule has 0 aromatic carbocycles. The van der Waals surface area contributed by atoms with E-state index in [1.165, 1.54) is 0 Å². The standard InChI is InChI=1S/C4H12N2O3/c5-1-3(6)4(8,9)2-7/h3,7-9H,1-2,5-6H2. The van der Waals surface area contributed by atoms with Gasteiger partial charge in [0.15, 0.2) is 0 Å². The molecular weight excluding hydrogens is 124 g/mol. The zero-order valence-electron chi connectivity index (χ0n) is 4.99. The van der Waals surface area contributed by atoms with Crippen LogP contribution in [0.2, 0.25) is 0 Å². The molecule has 9 heavy (non-hydrogen) atoms. The maximum absolute atomic E-state index is 8.69. The zero-order valence-corrected chi connectivity index (χ0v) is 4.99. The van der Waals surface area contributed by atoms with Gasteiger partial charge in [-0.2, -0.15) is 0 Å². The highest BCUT2D eigenvalue weighted by molar-refractivity contribution is 4.78. The number of rotatable bonds is 3. The highest BCUT2D eigenvalue weighted by atomic mass is 16.5. The van der Waals surface area contributed by atoms with Crippen LogP contribution < -0.4 is 11.5 Å². The van der Waals surface area contributed by atoms with Crippen molar-refractivity contribution in [2.45, 2.75) is 11.8 Å². The van der Waals surface area contributed by atoms with E-state index < -0.39 is 18.4 Å². The predicted octanol–water partition coefficient (Wildman–Crippen LogP) is -3.05. The second kappa shape index (κ2) is 3.09. The molecule has 0 aromatic rings. The Kier molecular flexibility index (Phi) is 3.02. The molecule has 0 aliphatic heterocycles. The second-order valence-corrected chi connectivity index (χ2v) is 1.88. The van der Waals surface area contributed by atoms with Crippen LogP contribution in [0, 0.1) is 0 Å². The Morgan fingerprint density at radius 3 is 2.00 bits per heavy atom. The Labute approximate surface area is 52.9 Å². The van der Waals surface area contributed by atoms with Crippen LogP contribution in [-0.4, -0.2) is 40.3 Å². The Balaban J connectivity index is 3.80. The van der Waals surface area contributed by atoms with Gasteiger partial charge in [0.05, 0.1) is 12.6 Å². The van der Waals surface area contributed by atoms with Gasteiger partial charge in [-0.3, -0.25) is 0 Å². The Hall–Kier alpha value is -0.200. The SMILES string of the molecule is NCC(N)C(O)(O)CO. The van der Waals surface area contributed by atoms with E-state index in [1.807, 2.05) is 0 Å². The molecule has 5 nitrogen and oxygen atoms in total.